The molecule has 0 aliphatic rings. The summed E-state index contributed by atoms with van der Waals surface area (Å²) in [5.74, 6) is 0.439. The zero-order valence-corrected chi connectivity index (χ0v) is 18.1. The minimum Gasteiger partial charge on any atom is -0.465 e. The number of carbonyl (C=O) groups is 2. The van der Waals surface area contributed by atoms with Gasteiger partial charge in [0.25, 0.3) is 0 Å². The highest BCUT2D eigenvalue weighted by Gasteiger charge is 2.13. The summed E-state index contributed by atoms with van der Waals surface area (Å²) in [4.78, 5) is 23.8. The number of ether oxygens (including phenoxy) is 1. The maximum Gasteiger partial charge on any atom is 0.337 e. The van der Waals surface area contributed by atoms with Crippen LogP contribution >= 0.6 is 0 Å². The number of hydrogen-bond donors (Lipinski definition) is 1. The van der Waals surface area contributed by atoms with E-state index < -0.39 is 5.97 Å². The number of nitrogens with zero attached hydrogens (tertiary/aromatic N) is 1. The van der Waals surface area contributed by atoms with Crippen molar-refractivity contribution in [1.29, 1.82) is 0 Å². The molecule has 0 saturated carbocycles. The fraction of sp³-hybridized carbons (Fsp3) is 0.240. The highest BCUT2D eigenvalue weighted by molar-refractivity contribution is 5.90. The Hall–Kier alpha value is -3.67. The lowest BCUT2D eigenvalue weighted by molar-refractivity contribution is -0.120. The number of furan rings is 1. The van der Waals surface area contributed by atoms with Gasteiger partial charge in [-0.2, -0.15) is 5.10 Å². The van der Waals surface area contributed by atoms with Crippen LogP contribution in [0, 0.1) is 0 Å². The lowest BCUT2D eigenvalue weighted by Gasteiger charge is -2.19. The Morgan fingerprint density at radius 1 is 1.06 bits per heavy atom. The molecule has 0 aliphatic carbocycles. The molecule has 6 nitrogen and oxygen atoms in total. The van der Waals surface area contributed by atoms with Crippen molar-refractivity contribution < 1.29 is 18.7 Å². The van der Waals surface area contributed by atoms with Gasteiger partial charge in [-0.1, -0.05) is 57.2 Å². The number of hydrazone groups is 1. The first kappa shape index (κ1) is 22.0. The molecule has 31 heavy (non-hydrogen) atoms. The van der Waals surface area contributed by atoms with E-state index in [0.29, 0.717) is 17.1 Å². The van der Waals surface area contributed by atoms with Gasteiger partial charge in [-0.25, -0.2) is 10.2 Å². The molecule has 0 aliphatic heterocycles. The van der Waals surface area contributed by atoms with Gasteiger partial charge in [0.1, 0.15) is 11.5 Å². The monoisotopic (exact) mass is 418 g/mol. The zero-order chi connectivity index (χ0) is 22.4. The molecule has 1 aromatic heterocycles. The van der Waals surface area contributed by atoms with Crippen molar-refractivity contribution in [2.45, 2.75) is 32.6 Å². The molecule has 0 bridgehead atoms. The van der Waals surface area contributed by atoms with E-state index in [1.807, 2.05) is 30.3 Å². The van der Waals surface area contributed by atoms with Crippen molar-refractivity contribution in [1.82, 2.24) is 5.43 Å². The fourth-order valence-corrected chi connectivity index (χ4v) is 3.01. The topological polar surface area (TPSA) is 80.9 Å². The van der Waals surface area contributed by atoms with Crippen LogP contribution in [0.1, 0.15) is 48.0 Å². The average Bonchev–Trinajstić information content (AvgIpc) is 3.22. The predicted octanol–water partition coefficient (Wildman–Crippen LogP) is 4.72. The number of rotatable bonds is 6. The zero-order valence-electron chi connectivity index (χ0n) is 18.1. The normalized spacial score (nSPS) is 11.5. The van der Waals surface area contributed by atoms with Gasteiger partial charge in [-0.3, -0.25) is 4.79 Å². The quantitative estimate of drug-likeness (QED) is 0.357. The summed E-state index contributed by atoms with van der Waals surface area (Å²) in [6.45, 7) is 6.46. The molecular weight excluding hydrogens is 392 g/mol. The molecule has 1 amide bonds. The van der Waals surface area contributed by atoms with Crippen LogP contribution in [0.15, 0.2) is 70.2 Å². The molecule has 0 unspecified atom stereocenters. The average molecular weight is 418 g/mol. The first-order valence-corrected chi connectivity index (χ1v) is 9.96. The molecule has 1 N–H and O–H groups in total. The van der Waals surface area contributed by atoms with Gasteiger partial charge in [0.05, 0.1) is 25.3 Å². The minimum absolute atomic E-state index is 0.0770. The Balaban J connectivity index is 1.58. The highest BCUT2D eigenvalue weighted by atomic mass is 16.5. The van der Waals surface area contributed by atoms with Crippen molar-refractivity contribution >= 4 is 18.1 Å². The summed E-state index contributed by atoms with van der Waals surface area (Å²) in [5.41, 5.74) is 5.92. The molecule has 160 valence electrons. The third kappa shape index (κ3) is 5.92. The molecule has 0 radical (unpaired) electrons. The van der Waals surface area contributed by atoms with Gasteiger partial charge in [0.2, 0.25) is 5.91 Å². The number of amides is 1. The minimum atomic E-state index is -0.411. The molecule has 1 heterocycles. The van der Waals surface area contributed by atoms with Crippen molar-refractivity contribution in [2.75, 3.05) is 7.11 Å². The van der Waals surface area contributed by atoms with Crippen molar-refractivity contribution in [3.8, 4) is 11.3 Å². The van der Waals surface area contributed by atoms with E-state index in [1.165, 1.54) is 18.9 Å². The van der Waals surface area contributed by atoms with Gasteiger partial charge in [0.15, 0.2) is 0 Å². The fourth-order valence-electron chi connectivity index (χ4n) is 3.01. The van der Waals surface area contributed by atoms with Crippen molar-refractivity contribution in [2.24, 2.45) is 5.10 Å². The molecule has 0 atom stereocenters. The molecule has 6 heteroatoms. The maximum absolute atomic E-state index is 12.1. The van der Waals surface area contributed by atoms with Crippen molar-refractivity contribution in [3.63, 3.8) is 0 Å². The largest absolute Gasteiger partial charge is 0.465 e. The standard InChI is InChI=1S/C25H26N2O4/c1-25(2,3)20-10-8-17(9-11-20)14-23(28)27-26-16-21-12-13-22(31-21)18-6-5-7-19(15-18)24(29)30-4/h5-13,15-16H,14H2,1-4H3,(H,27,28)/b26-16-. The number of methoxy groups -OCH3 is 1. The van der Waals surface area contributed by atoms with Crippen LogP contribution in [0.4, 0.5) is 0 Å². The summed E-state index contributed by atoms with van der Waals surface area (Å²) < 4.78 is 10.5. The predicted molar refractivity (Wildman–Crippen MR) is 120 cm³/mol. The second-order valence-corrected chi connectivity index (χ2v) is 8.19. The number of benzene rings is 2. The van der Waals surface area contributed by atoms with E-state index in [9.17, 15) is 9.59 Å². The second kappa shape index (κ2) is 9.43. The summed E-state index contributed by atoms with van der Waals surface area (Å²) in [6, 6.07) is 18.5. The summed E-state index contributed by atoms with van der Waals surface area (Å²) in [7, 11) is 1.34. The Bertz CT molecular complexity index is 1090. The van der Waals surface area contributed by atoms with Gasteiger partial charge in [-0.15, -0.1) is 0 Å². The van der Waals surface area contributed by atoms with Crippen LogP contribution in [0.5, 0.6) is 0 Å². The van der Waals surface area contributed by atoms with Crippen LogP contribution in [-0.2, 0) is 21.4 Å². The Labute approximate surface area is 181 Å². The molecule has 3 aromatic rings. The second-order valence-electron chi connectivity index (χ2n) is 8.19. The molecular formula is C25H26N2O4. The van der Waals surface area contributed by atoms with Crippen LogP contribution in [0.25, 0.3) is 11.3 Å². The van der Waals surface area contributed by atoms with Gasteiger partial charge >= 0.3 is 5.97 Å². The van der Waals surface area contributed by atoms with E-state index in [2.05, 4.69) is 31.3 Å². The van der Waals surface area contributed by atoms with E-state index in [1.54, 1.807) is 30.3 Å². The van der Waals surface area contributed by atoms with Crippen molar-refractivity contribution in [3.05, 3.63) is 83.1 Å². The third-order valence-corrected chi connectivity index (χ3v) is 4.76. The molecule has 3 rings (SSSR count). The van der Waals surface area contributed by atoms with E-state index in [4.69, 9.17) is 9.15 Å². The van der Waals surface area contributed by atoms with Gasteiger partial charge in [-0.05, 0) is 40.8 Å². The molecule has 0 fully saturated rings. The highest BCUT2D eigenvalue weighted by Crippen LogP contribution is 2.23. The number of esters is 1. The summed E-state index contributed by atoms with van der Waals surface area (Å²) in [6.07, 6.45) is 1.68. The SMILES string of the molecule is COC(=O)c1cccc(-c2ccc(/C=N\NC(=O)Cc3ccc(C(C)(C)C)cc3)o2)c1. The van der Waals surface area contributed by atoms with Gasteiger partial charge in [0, 0.05) is 5.56 Å². The van der Waals surface area contributed by atoms with Crippen LogP contribution < -0.4 is 5.43 Å². The molecule has 0 spiro atoms. The maximum atomic E-state index is 12.1. The summed E-state index contributed by atoms with van der Waals surface area (Å²) in [5, 5.41) is 3.97. The van der Waals surface area contributed by atoms with Crippen LogP contribution in [0.3, 0.4) is 0 Å². The first-order valence-electron chi connectivity index (χ1n) is 9.96. The smallest absolute Gasteiger partial charge is 0.337 e. The number of carbonyl (C=O) groups excluding carboxylic acids is 2. The van der Waals surface area contributed by atoms with E-state index >= 15 is 0 Å². The first-order chi connectivity index (χ1) is 14.8. The van der Waals surface area contributed by atoms with Crippen LogP contribution in [-0.4, -0.2) is 25.2 Å². The van der Waals surface area contributed by atoms with E-state index in [-0.39, 0.29) is 17.7 Å². The third-order valence-electron chi connectivity index (χ3n) is 4.76. The van der Waals surface area contributed by atoms with Crippen LogP contribution in [0.2, 0.25) is 0 Å². The lowest BCUT2D eigenvalue weighted by atomic mass is 9.86. The Kier molecular flexibility index (Phi) is 6.70. The summed E-state index contributed by atoms with van der Waals surface area (Å²) >= 11 is 0. The van der Waals surface area contributed by atoms with Gasteiger partial charge < -0.3 is 9.15 Å². The van der Waals surface area contributed by atoms with E-state index in [0.717, 1.165) is 11.1 Å². The molecule has 2 aromatic carbocycles. The Morgan fingerprint density at radius 2 is 1.81 bits per heavy atom. The number of hydrogen-bond acceptors (Lipinski definition) is 5. The lowest BCUT2D eigenvalue weighted by Crippen LogP contribution is -2.20. The number of nitrogens with one attached hydrogen (secondary N) is 1. The molecule has 0 saturated heterocycles. The Morgan fingerprint density at radius 3 is 2.48 bits per heavy atom.